The van der Waals surface area contributed by atoms with Gasteiger partial charge in [-0.1, -0.05) is 29.3 Å². The summed E-state index contributed by atoms with van der Waals surface area (Å²) in [6, 6.07) is 24.3. The van der Waals surface area contributed by atoms with E-state index in [1.54, 1.807) is 36.4 Å². The van der Waals surface area contributed by atoms with E-state index in [1.165, 1.54) is 67.8 Å². The van der Waals surface area contributed by atoms with Crippen LogP contribution >= 0.6 is 11.6 Å². The van der Waals surface area contributed by atoms with Gasteiger partial charge in [0.05, 0.1) is 22.6 Å². The molecule has 9 nitrogen and oxygen atoms in total. The zero-order valence-corrected chi connectivity index (χ0v) is 23.9. The van der Waals surface area contributed by atoms with Crippen molar-refractivity contribution < 1.29 is 26.4 Å². The Labute approximate surface area is 238 Å². The summed E-state index contributed by atoms with van der Waals surface area (Å²) in [7, 11) is -6.53. The number of nitrogens with one attached hydrogen (secondary N) is 2. The van der Waals surface area contributed by atoms with Crippen molar-refractivity contribution in [3.63, 3.8) is 0 Å². The van der Waals surface area contributed by atoms with E-state index in [-0.39, 0.29) is 9.79 Å². The fourth-order valence-corrected chi connectivity index (χ4v) is 6.29. The Morgan fingerprint density at radius 1 is 0.775 bits per heavy atom. The first kappa shape index (κ1) is 28.9. The Morgan fingerprint density at radius 3 is 1.90 bits per heavy atom. The molecule has 40 heavy (non-hydrogen) atoms. The van der Waals surface area contributed by atoms with Crippen LogP contribution in [0.5, 0.6) is 5.75 Å². The molecule has 0 atom stereocenters. The van der Waals surface area contributed by atoms with Crippen LogP contribution in [0.4, 0.5) is 17.1 Å². The number of benzene rings is 4. The number of methoxy groups -OCH3 is 1. The highest BCUT2D eigenvalue weighted by Gasteiger charge is 2.27. The van der Waals surface area contributed by atoms with E-state index in [9.17, 15) is 21.6 Å². The summed E-state index contributed by atoms with van der Waals surface area (Å²) in [6.45, 7) is 1.35. The number of ether oxygens (including phenoxy) is 1. The van der Waals surface area contributed by atoms with Gasteiger partial charge in [0.1, 0.15) is 12.3 Å². The van der Waals surface area contributed by atoms with Crippen LogP contribution < -0.4 is 19.1 Å². The van der Waals surface area contributed by atoms with Crippen LogP contribution in [0, 0.1) is 6.92 Å². The maximum atomic E-state index is 13.6. The number of halogens is 1. The third-order valence-corrected chi connectivity index (χ3v) is 9.24. The number of hydrogen-bond donors (Lipinski definition) is 2. The zero-order chi connectivity index (χ0) is 28.9. The van der Waals surface area contributed by atoms with Crippen LogP contribution in [0.25, 0.3) is 0 Å². The molecule has 0 aromatic heterocycles. The molecule has 4 aromatic carbocycles. The smallest absolute Gasteiger partial charge is 0.264 e. The predicted molar refractivity (Wildman–Crippen MR) is 156 cm³/mol. The molecule has 0 heterocycles. The number of nitrogens with zero attached hydrogens (tertiary/aromatic N) is 1. The van der Waals surface area contributed by atoms with Gasteiger partial charge in [-0.15, -0.1) is 0 Å². The van der Waals surface area contributed by atoms with Crippen molar-refractivity contribution in [3.05, 3.63) is 108 Å². The fourth-order valence-electron chi connectivity index (χ4n) is 3.68. The molecule has 0 bridgehead atoms. The van der Waals surface area contributed by atoms with Crippen molar-refractivity contribution in [1.82, 2.24) is 0 Å². The minimum atomic E-state index is -4.12. The number of aryl methyl sites for hydroxylation is 1. The number of carbonyl (C=O) groups excluding carboxylic acids is 1. The second-order valence-electron chi connectivity index (χ2n) is 8.71. The lowest BCUT2D eigenvalue weighted by Gasteiger charge is -2.24. The van der Waals surface area contributed by atoms with E-state index in [0.29, 0.717) is 27.8 Å². The van der Waals surface area contributed by atoms with Crippen LogP contribution in [-0.4, -0.2) is 36.4 Å². The van der Waals surface area contributed by atoms with Crippen molar-refractivity contribution in [3.8, 4) is 5.75 Å². The monoisotopic (exact) mass is 599 g/mol. The molecular weight excluding hydrogens is 574 g/mol. The Bertz CT molecular complexity index is 1690. The van der Waals surface area contributed by atoms with E-state index >= 15 is 0 Å². The standard InChI is InChI=1S/C28H26ClN3O6S2/c1-20-3-11-24(12-4-20)32(40(36,37)27-17-13-25(38-2)14-18-27)19-28(33)30-22-9-15-26(16-10-22)39(34,35)31-23-7-5-21(29)6-8-23/h3-18,31H,19H2,1-2H3,(H,30,33). The van der Waals surface area contributed by atoms with E-state index in [0.717, 1.165) is 9.87 Å². The van der Waals surface area contributed by atoms with Gasteiger partial charge in [0, 0.05) is 16.4 Å². The van der Waals surface area contributed by atoms with Gasteiger partial charge in [0.15, 0.2) is 0 Å². The Balaban J connectivity index is 1.52. The summed E-state index contributed by atoms with van der Waals surface area (Å²) in [4.78, 5) is 13.0. The average molecular weight is 600 g/mol. The summed E-state index contributed by atoms with van der Waals surface area (Å²) in [5.41, 5.74) is 1.87. The van der Waals surface area contributed by atoms with Gasteiger partial charge in [-0.05, 0) is 91.9 Å². The lowest BCUT2D eigenvalue weighted by atomic mass is 10.2. The molecule has 0 aliphatic heterocycles. The van der Waals surface area contributed by atoms with Gasteiger partial charge in [-0.25, -0.2) is 16.8 Å². The van der Waals surface area contributed by atoms with Gasteiger partial charge in [0.25, 0.3) is 20.0 Å². The van der Waals surface area contributed by atoms with Crippen LogP contribution in [0.15, 0.2) is 107 Å². The first-order valence-corrected chi connectivity index (χ1v) is 15.2. The first-order valence-electron chi connectivity index (χ1n) is 11.9. The van der Waals surface area contributed by atoms with Crippen molar-refractivity contribution in [2.75, 3.05) is 28.0 Å². The van der Waals surface area contributed by atoms with Crippen molar-refractivity contribution in [2.45, 2.75) is 16.7 Å². The molecule has 12 heteroatoms. The van der Waals surface area contributed by atoms with Crippen molar-refractivity contribution in [1.29, 1.82) is 0 Å². The van der Waals surface area contributed by atoms with E-state index in [4.69, 9.17) is 16.3 Å². The molecule has 4 rings (SSSR count). The normalized spacial score (nSPS) is 11.5. The Hall–Kier alpha value is -4.06. The number of carbonyl (C=O) groups is 1. The topological polar surface area (TPSA) is 122 Å². The van der Waals surface area contributed by atoms with Crippen molar-refractivity contribution in [2.24, 2.45) is 0 Å². The highest BCUT2D eigenvalue weighted by molar-refractivity contribution is 7.93. The molecular formula is C28H26ClN3O6S2. The van der Waals surface area contributed by atoms with E-state index < -0.39 is 32.5 Å². The van der Waals surface area contributed by atoms with Gasteiger partial charge in [-0.2, -0.15) is 0 Å². The molecule has 2 N–H and O–H groups in total. The maximum Gasteiger partial charge on any atom is 0.264 e. The molecule has 0 fully saturated rings. The largest absolute Gasteiger partial charge is 0.497 e. The molecule has 208 valence electrons. The molecule has 1 amide bonds. The van der Waals surface area contributed by atoms with Crippen molar-refractivity contribution >= 4 is 54.6 Å². The fraction of sp³-hybridized carbons (Fsp3) is 0.107. The Morgan fingerprint density at radius 2 is 1.32 bits per heavy atom. The lowest BCUT2D eigenvalue weighted by molar-refractivity contribution is -0.114. The lowest BCUT2D eigenvalue weighted by Crippen LogP contribution is -2.38. The van der Waals surface area contributed by atoms with E-state index in [2.05, 4.69) is 10.0 Å². The van der Waals surface area contributed by atoms with Crippen LogP contribution in [-0.2, 0) is 24.8 Å². The minimum absolute atomic E-state index is 0.00979. The number of hydrogen-bond acceptors (Lipinski definition) is 6. The average Bonchev–Trinajstić information content (AvgIpc) is 2.94. The molecule has 0 spiro atoms. The van der Waals surface area contributed by atoms with Crippen LogP contribution in [0.3, 0.4) is 0 Å². The summed E-state index contributed by atoms with van der Waals surface area (Å²) in [6.07, 6.45) is 0. The van der Waals surface area contributed by atoms with Gasteiger partial charge >= 0.3 is 0 Å². The quantitative estimate of drug-likeness (QED) is 0.255. The molecule has 0 radical (unpaired) electrons. The number of amides is 1. The van der Waals surface area contributed by atoms with Gasteiger partial charge in [0.2, 0.25) is 5.91 Å². The third kappa shape index (κ3) is 6.92. The van der Waals surface area contributed by atoms with Gasteiger partial charge in [-0.3, -0.25) is 13.8 Å². The highest BCUT2D eigenvalue weighted by atomic mass is 35.5. The van der Waals surface area contributed by atoms with E-state index in [1.807, 2.05) is 6.92 Å². The summed E-state index contributed by atoms with van der Waals surface area (Å²) in [5.74, 6) is -0.125. The number of anilines is 3. The number of sulfonamides is 2. The summed E-state index contributed by atoms with van der Waals surface area (Å²) in [5, 5.41) is 3.11. The second-order valence-corrected chi connectivity index (χ2v) is 12.7. The number of rotatable bonds is 10. The first-order chi connectivity index (χ1) is 19.0. The highest BCUT2D eigenvalue weighted by Crippen LogP contribution is 2.26. The predicted octanol–water partition coefficient (Wildman–Crippen LogP) is 5.29. The SMILES string of the molecule is COc1ccc(S(=O)(=O)N(CC(=O)Nc2ccc(S(=O)(=O)Nc3ccc(Cl)cc3)cc2)c2ccc(C)cc2)cc1. The molecule has 0 unspecified atom stereocenters. The second kappa shape index (κ2) is 12.0. The molecule has 0 saturated carbocycles. The van der Waals surface area contributed by atoms with Crippen LogP contribution in [0.1, 0.15) is 5.56 Å². The summed E-state index contributed by atoms with van der Waals surface area (Å²) >= 11 is 5.85. The maximum absolute atomic E-state index is 13.6. The van der Waals surface area contributed by atoms with Gasteiger partial charge < -0.3 is 10.1 Å². The Kier molecular flexibility index (Phi) is 8.67. The minimum Gasteiger partial charge on any atom is -0.497 e. The zero-order valence-electron chi connectivity index (χ0n) is 21.5. The summed E-state index contributed by atoms with van der Waals surface area (Å²) < 4.78 is 61.1. The third-order valence-electron chi connectivity index (χ3n) is 5.80. The molecule has 4 aromatic rings. The molecule has 0 aliphatic rings. The van der Waals surface area contributed by atoms with Crippen LogP contribution in [0.2, 0.25) is 5.02 Å². The molecule has 0 aliphatic carbocycles. The molecule has 0 saturated heterocycles.